The van der Waals surface area contributed by atoms with Crippen molar-refractivity contribution in [3.8, 4) is 0 Å². The average molecular weight is 313 g/mol. The molecule has 1 atom stereocenters. The summed E-state index contributed by atoms with van der Waals surface area (Å²) in [5.41, 5.74) is 6.93. The van der Waals surface area contributed by atoms with Crippen molar-refractivity contribution in [3.05, 3.63) is 28.9 Å². The minimum absolute atomic E-state index is 0.0676. The van der Waals surface area contributed by atoms with Gasteiger partial charge in [0, 0.05) is 12.5 Å². The van der Waals surface area contributed by atoms with Gasteiger partial charge in [-0.25, -0.2) is 9.37 Å². The molecule has 116 valence electrons. The molecule has 2 aromatic rings. The lowest BCUT2D eigenvalue weighted by Crippen LogP contribution is -2.24. The summed E-state index contributed by atoms with van der Waals surface area (Å²) in [6.07, 6.45) is 2.64. The van der Waals surface area contributed by atoms with E-state index < -0.39 is 5.82 Å². The van der Waals surface area contributed by atoms with Crippen molar-refractivity contribution in [1.29, 1.82) is 0 Å². The second kappa shape index (κ2) is 6.32. The Morgan fingerprint density at radius 1 is 1.33 bits per heavy atom. The molecule has 0 aliphatic rings. The molecule has 0 saturated carbocycles. The second-order valence-electron chi connectivity index (χ2n) is 6.52. The van der Waals surface area contributed by atoms with Crippen LogP contribution >= 0.6 is 11.6 Å². The molecule has 0 saturated heterocycles. The number of nitrogens with zero attached hydrogens (tertiary/aromatic N) is 1. The first-order valence-electron chi connectivity index (χ1n) is 7.26. The zero-order valence-corrected chi connectivity index (χ0v) is 13.5. The van der Waals surface area contributed by atoms with Crippen LogP contribution in [0.1, 0.15) is 39.5 Å². The zero-order valence-electron chi connectivity index (χ0n) is 12.7. The Hall–Kier alpha value is -1.13. The van der Waals surface area contributed by atoms with E-state index in [1.807, 2.05) is 0 Å². The third-order valence-corrected chi connectivity index (χ3v) is 4.21. The summed E-state index contributed by atoms with van der Waals surface area (Å²) in [5, 5.41) is 0.0676. The van der Waals surface area contributed by atoms with Crippen molar-refractivity contribution < 1.29 is 8.81 Å². The van der Waals surface area contributed by atoms with Gasteiger partial charge in [-0.05, 0) is 36.8 Å². The number of hydrogen-bond acceptors (Lipinski definition) is 3. The lowest BCUT2D eigenvalue weighted by Gasteiger charge is -2.30. The van der Waals surface area contributed by atoms with Crippen LogP contribution in [0.3, 0.4) is 0 Å². The molecule has 21 heavy (non-hydrogen) atoms. The monoisotopic (exact) mass is 312 g/mol. The fraction of sp³-hybridized carbons (Fsp3) is 0.562. The molecule has 0 aliphatic heterocycles. The highest BCUT2D eigenvalue weighted by Gasteiger charge is 2.24. The topological polar surface area (TPSA) is 52.0 Å². The summed E-state index contributed by atoms with van der Waals surface area (Å²) in [6.45, 7) is 7.33. The number of aryl methyl sites for hydroxylation is 1. The highest BCUT2D eigenvalue weighted by Crippen LogP contribution is 2.32. The van der Waals surface area contributed by atoms with Crippen LogP contribution in [0, 0.1) is 17.2 Å². The van der Waals surface area contributed by atoms with Gasteiger partial charge in [-0.1, -0.05) is 32.4 Å². The van der Waals surface area contributed by atoms with Crippen molar-refractivity contribution in [2.24, 2.45) is 17.1 Å². The number of aromatic nitrogens is 1. The lowest BCUT2D eigenvalue weighted by molar-refractivity contribution is 0.211. The third-order valence-electron chi connectivity index (χ3n) is 3.92. The maximum absolute atomic E-state index is 13.4. The van der Waals surface area contributed by atoms with Crippen LogP contribution in [0.15, 0.2) is 16.5 Å². The van der Waals surface area contributed by atoms with Crippen molar-refractivity contribution >= 4 is 22.7 Å². The molecule has 0 bridgehead atoms. The first kappa shape index (κ1) is 16.2. The minimum Gasteiger partial charge on any atom is -0.441 e. The molecule has 0 fully saturated rings. The van der Waals surface area contributed by atoms with Gasteiger partial charge in [0.05, 0.1) is 5.02 Å². The molecule has 0 radical (unpaired) electrons. The third kappa shape index (κ3) is 3.95. The molecule has 3 nitrogen and oxygen atoms in total. The Bertz CT molecular complexity index is 579. The van der Waals surface area contributed by atoms with Crippen LogP contribution in [-0.4, -0.2) is 11.5 Å². The van der Waals surface area contributed by atoms with Gasteiger partial charge in [0.2, 0.25) is 0 Å². The summed E-state index contributed by atoms with van der Waals surface area (Å²) in [6, 6.07) is 2.79. The molecule has 0 spiro atoms. The number of fused-ring (bicyclic) bond motifs is 1. The van der Waals surface area contributed by atoms with Gasteiger partial charge in [0.15, 0.2) is 11.5 Å². The van der Waals surface area contributed by atoms with Crippen molar-refractivity contribution in [3.63, 3.8) is 0 Å². The molecule has 0 aliphatic carbocycles. The maximum atomic E-state index is 13.4. The quantitative estimate of drug-likeness (QED) is 0.880. The molecule has 2 rings (SSSR count). The van der Waals surface area contributed by atoms with Gasteiger partial charge < -0.3 is 10.2 Å². The van der Waals surface area contributed by atoms with E-state index in [1.165, 1.54) is 12.1 Å². The van der Waals surface area contributed by atoms with Crippen LogP contribution in [-0.2, 0) is 6.42 Å². The van der Waals surface area contributed by atoms with Crippen molar-refractivity contribution in [2.75, 3.05) is 6.54 Å². The molecular formula is C16H22ClFN2O. The van der Waals surface area contributed by atoms with E-state index in [0.717, 1.165) is 19.3 Å². The molecule has 1 aromatic heterocycles. The molecule has 2 N–H and O–H groups in total. The van der Waals surface area contributed by atoms with Gasteiger partial charge in [0.25, 0.3) is 0 Å². The van der Waals surface area contributed by atoms with Gasteiger partial charge in [-0.15, -0.1) is 0 Å². The first-order chi connectivity index (χ1) is 9.81. The standard InChI is InChI=1S/C16H22ClFN2O/c1-16(2,3)10(6-7-19)4-5-15-20-13-8-11(17)12(18)9-14(13)21-15/h8-10H,4-7,19H2,1-3H3. The Kier molecular flexibility index (Phi) is 4.89. The number of oxazole rings is 1. The predicted molar refractivity (Wildman–Crippen MR) is 83.9 cm³/mol. The number of benzene rings is 1. The minimum atomic E-state index is -0.484. The first-order valence-corrected chi connectivity index (χ1v) is 7.63. The highest BCUT2D eigenvalue weighted by atomic mass is 35.5. The van der Waals surface area contributed by atoms with E-state index in [9.17, 15) is 4.39 Å². The van der Waals surface area contributed by atoms with E-state index >= 15 is 0 Å². The van der Waals surface area contributed by atoms with Crippen molar-refractivity contribution in [1.82, 2.24) is 4.98 Å². The summed E-state index contributed by atoms with van der Waals surface area (Å²) in [7, 11) is 0. The highest BCUT2D eigenvalue weighted by molar-refractivity contribution is 6.31. The Morgan fingerprint density at radius 3 is 2.67 bits per heavy atom. The number of hydrogen-bond donors (Lipinski definition) is 1. The van der Waals surface area contributed by atoms with Crippen LogP contribution in [0.2, 0.25) is 5.02 Å². The predicted octanol–water partition coefficient (Wildman–Crippen LogP) is 4.56. The Balaban J connectivity index is 2.12. The number of rotatable bonds is 5. The summed E-state index contributed by atoms with van der Waals surface area (Å²) in [4.78, 5) is 4.38. The van der Waals surface area contributed by atoms with Gasteiger partial charge in [-0.3, -0.25) is 0 Å². The zero-order chi connectivity index (χ0) is 15.6. The van der Waals surface area contributed by atoms with Crippen LogP contribution in [0.4, 0.5) is 4.39 Å². The second-order valence-corrected chi connectivity index (χ2v) is 6.93. The Morgan fingerprint density at radius 2 is 2.05 bits per heavy atom. The molecule has 1 unspecified atom stereocenters. The summed E-state index contributed by atoms with van der Waals surface area (Å²) >= 11 is 5.75. The Labute approximate surface area is 129 Å². The van der Waals surface area contributed by atoms with E-state index in [-0.39, 0.29) is 10.4 Å². The van der Waals surface area contributed by atoms with Crippen LogP contribution in [0.25, 0.3) is 11.1 Å². The molecule has 0 amide bonds. The molecule has 1 heterocycles. The smallest absolute Gasteiger partial charge is 0.195 e. The summed E-state index contributed by atoms with van der Waals surface area (Å²) in [5.74, 6) is 0.637. The van der Waals surface area contributed by atoms with Crippen LogP contribution in [0.5, 0.6) is 0 Å². The number of nitrogens with two attached hydrogens (primary N) is 1. The maximum Gasteiger partial charge on any atom is 0.195 e. The average Bonchev–Trinajstić information content (AvgIpc) is 2.75. The molecular weight excluding hydrogens is 291 g/mol. The largest absolute Gasteiger partial charge is 0.441 e. The fourth-order valence-electron chi connectivity index (χ4n) is 2.59. The SMILES string of the molecule is CC(C)(C)C(CCN)CCc1nc2cc(Cl)c(F)cc2o1. The van der Waals surface area contributed by atoms with Gasteiger partial charge >= 0.3 is 0 Å². The van der Waals surface area contributed by atoms with E-state index in [1.54, 1.807) is 0 Å². The van der Waals surface area contributed by atoms with Crippen molar-refractivity contribution in [2.45, 2.75) is 40.0 Å². The normalized spacial score (nSPS) is 13.8. The van der Waals surface area contributed by atoms with Gasteiger partial charge in [0.1, 0.15) is 11.3 Å². The lowest BCUT2D eigenvalue weighted by atomic mass is 9.76. The number of halogens is 2. The van der Waals surface area contributed by atoms with E-state index in [4.69, 9.17) is 21.8 Å². The van der Waals surface area contributed by atoms with Gasteiger partial charge in [-0.2, -0.15) is 0 Å². The molecule has 5 heteroatoms. The fourth-order valence-corrected chi connectivity index (χ4v) is 2.75. The summed E-state index contributed by atoms with van der Waals surface area (Å²) < 4.78 is 19.0. The molecule has 1 aromatic carbocycles. The van der Waals surface area contributed by atoms with Crippen LogP contribution < -0.4 is 5.73 Å². The van der Waals surface area contributed by atoms with E-state index in [2.05, 4.69) is 25.8 Å². The van der Waals surface area contributed by atoms with E-state index in [0.29, 0.717) is 29.5 Å².